The number of hydrogen-bond acceptors (Lipinski definition) is 6. The largest absolute Gasteiger partial charge is 0.493 e. The molecule has 0 bridgehead atoms. The minimum absolute atomic E-state index is 0.155. The molecule has 8 heteroatoms. The molecule has 37 heavy (non-hydrogen) atoms. The van der Waals surface area contributed by atoms with Crippen LogP contribution in [0.2, 0.25) is 0 Å². The quantitative estimate of drug-likeness (QED) is 0.267. The molecule has 0 radical (unpaired) electrons. The fourth-order valence-corrected chi connectivity index (χ4v) is 4.25. The number of carbonyl (C=O) groups excluding carboxylic acids is 1. The fraction of sp³-hybridized carbons (Fsp3) is 0.276. The predicted octanol–water partition coefficient (Wildman–Crippen LogP) is 4.24. The molecule has 0 saturated heterocycles. The average Bonchev–Trinajstić information content (AvgIpc) is 3.35. The number of nitrogens with one attached hydrogen (secondary N) is 2. The van der Waals surface area contributed by atoms with Crippen molar-refractivity contribution in [3.05, 3.63) is 89.1 Å². The molecule has 4 rings (SSSR count). The van der Waals surface area contributed by atoms with Gasteiger partial charge in [-0.15, -0.1) is 0 Å². The summed E-state index contributed by atoms with van der Waals surface area (Å²) in [6, 6.07) is 18.5. The second kappa shape index (κ2) is 12.3. The topological polar surface area (TPSA) is 102 Å². The lowest BCUT2D eigenvalue weighted by Gasteiger charge is -2.16. The van der Waals surface area contributed by atoms with Gasteiger partial charge in [0.25, 0.3) is 5.91 Å². The standard InChI is InChI=1S/C29H32N2O6/c1-34-26-12-20(13-27(35-2)28(26)36-3)18-37-17-19-8-10-21(11-9-19)29(33)31-23(16-32)14-22-15-30-25-7-5-4-6-24(22)25/h4-13,15,23,30,32H,14,16-18H2,1-3H3,(H,31,33)/t23-/m1/s1. The Morgan fingerprint density at radius 3 is 2.24 bits per heavy atom. The zero-order chi connectivity index (χ0) is 26.2. The summed E-state index contributed by atoms with van der Waals surface area (Å²) >= 11 is 0. The number of carbonyl (C=O) groups is 1. The first kappa shape index (κ1) is 26.1. The van der Waals surface area contributed by atoms with Gasteiger partial charge in [-0.3, -0.25) is 4.79 Å². The summed E-state index contributed by atoms with van der Waals surface area (Å²) in [4.78, 5) is 16.0. The summed E-state index contributed by atoms with van der Waals surface area (Å²) in [5, 5.41) is 13.9. The molecule has 3 aromatic carbocycles. The molecule has 1 atom stereocenters. The van der Waals surface area contributed by atoms with Crippen LogP contribution in [0.1, 0.15) is 27.0 Å². The monoisotopic (exact) mass is 504 g/mol. The Morgan fingerprint density at radius 1 is 0.919 bits per heavy atom. The molecule has 3 N–H and O–H groups in total. The number of aliphatic hydroxyl groups is 1. The van der Waals surface area contributed by atoms with Crippen LogP contribution in [-0.4, -0.2) is 50.0 Å². The zero-order valence-electron chi connectivity index (χ0n) is 21.2. The Hall–Kier alpha value is -4.01. The van der Waals surface area contributed by atoms with E-state index in [4.69, 9.17) is 18.9 Å². The van der Waals surface area contributed by atoms with Crippen molar-refractivity contribution in [2.45, 2.75) is 25.7 Å². The van der Waals surface area contributed by atoms with Crippen LogP contribution in [0.15, 0.2) is 66.9 Å². The Labute approximate surface area is 216 Å². The van der Waals surface area contributed by atoms with Gasteiger partial charge in [-0.1, -0.05) is 30.3 Å². The summed E-state index contributed by atoms with van der Waals surface area (Å²) in [6.07, 6.45) is 2.45. The van der Waals surface area contributed by atoms with Crippen LogP contribution in [0.4, 0.5) is 0 Å². The summed E-state index contributed by atoms with van der Waals surface area (Å²) in [5.74, 6) is 1.44. The number of hydrogen-bond donors (Lipinski definition) is 3. The van der Waals surface area contributed by atoms with Crippen LogP contribution in [0.3, 0.4) is 0 Å². The highest BCUT2D eigenvalue weighted by Crippen LogP contribution is 2.38. The Balaban J connectivity index is 1.32. The fourth-order valence-electron chi connectivity index (χ4n) is 4.25. The first-order valence-electron chi connectivity index (χ1n) is 12.0. The molecule has 0 saturated carbocycles. The van der Waals surface area contributed by atoms with Gasteiger partial charge in [-0.05, 0) is 53.4 Å². The van der Waals surface area contributed by atoms with Crippen molar-refractivity contribution in [3.8, 4) is 17.2 Å². The van der Waals surface area contributed by atoms with Gasteiger partial charge in [0.1, 0.15) is 0 Å². The van der Waals surface area contributed by atoms with E-state index < -0.39 is 6.04 Å². The predicted molar refractivity (Wildman–Crippen MR) is 141 cm³/mol. The van der Waals surface area contributed by atoms with Crippen molar-refractivity contribution in [2.75, 3.05) is 27.9 Å². The van der Waals surface area contributed by atoms with Crippen molar-refractivity contribution in [2.24, 2.45) is 0 Å². The molecule has 0 spiro atoms. The molecular weight excluding hydrogens is 472 g/mol. The van der Waals surface area contributed by atoms with E-state index in [-0.39, 0.29) is 12.5 Å². The number of methoxy groups -OCH3 is 3. The van der Waals surface area contributed by atoms with Crippen LogP contribution in [0.25, 0.3) is 10.9 Å². The van der Waals surface area contributed by atoms with Gasteiger partial charge in [0.2, 0.25) is 5.75 Å². The maximum Gasteiger partial charge on any atom is 0.251 e. The first-order chi connectivity index (χ1) is 18.1. The van der Waals surface area contributed by atoms with Crippen molar-refractivity contribution < 1.29 is 28.8 Å². The van der Waals surface area contributed by atoms with Gasteiger partial charge in [-0.25, -0.2) is 0 Å². The molecule has 0 fully saturated rings. The number of aliphatic hydroxyl groups excluding tert-OH is 1. The van der Waals surface area contributed by atoms with E-state index in [1.807, 2.05) is 54.7 Å². The van der Waals surface area contributed by atoms with E-state index in [0.29, 0.717) is 42.4 Å². The average molecular weight is 505 g/mol. The second-order valence-electron chi connectivity index (χ2n) is 8.64. The molecular formula is C29H32N2O6. The number of ether oxygens (including phenoxy) is 4. The van der Waals surface area contributed by atoms with Crippen LogP contribution in [0.5, 0.6) is 17.2 Å². The Kier molecular flexibility index (Phi) is 8.66. The van der Waals surface area contributed by atoms with Crippen molar-refractivity contribution in [1.82, 2.24) is 10.3 Å². The van der Waals surface area contributed by atoms with E-state index >= 15 is 0 Å². The molecule has 1 heterocycles. The molecule has 0 aliphatic carbocycles. The van der Waals surface area contributed by atoms with Crippen LogP contribution in [-0.2, 0) is 24.4 Å². The highest BCUT2D eigenvalue weighted by Gasteiger charge is 2.16. The second-order valence-corrected chi connectivity index (χ2v) is 8.64. The van der Waals surface area contributed by atoms with Crippen molar-refractivity contribution in [1.29, 1.82) is 0 Å². The third-order valence-corrected chi connectivity index (χ3v) is 6.17. The van der Waals surface area contributed by atoms with E-state index in [2.05, 4.69) is 10.3 Å². The molecule has 0 unspecified atom stereocenters. The Bertz CT molecular complexity index is 1310. The summed E-state index contributed by atoms with van der Waals surface area (Å²) in [6.45, 7) is 0.571. The van der Waals surface area contributed by atoms with Gasteiger partial charge in [0.15, 0.2) is 11.5 Å². The van der Waals surface area contributed by atoms with E-state index in [0.717, 1.165) is 27.6 Å². The lowest BCUT2D eigenvalue weighted by Crippen LogP contribution is -2.39. The van der Waals surface area contributed by atoms with Gasteiger partial charge >= 0.3 is 0 Å². The minimum Gasteiger partial charge on any atom is -0.493 e. The van der Waals surface area contributed by atoms with Crippen molar-refractivity contribution >= 4 is 16.8 Å². The van der Waals surface area contributed by atoms with Crippen LogP contribution >= 0.6 is 0 Å². The number of fused-ring (bicyclic) bond motifs is 1. The molecule has 0 aliphatic heterocycles. The van der Waals surface area contributed by atoms with E-state index in [1.165, 1.54) is 0 Å². The maximum absolute atomic E-state index is 12.8. The molecule has 4 aromatic rings. The molecule has 194 valence electrons. The third-order valence-electron chi connectivity index (χ3n) is 6.17. The van der Waals surface area contributed by atoms with Crippen LogP contribution in [0, 0.1) is 0 Å². The number of benzene rings is 3. The van der Waals surface area contributed by atoms with Crippen LogP contribution < -0.4 is 19.5 Å². The molecule has 1 aromatic heterocycles. The summed E-state index contributed by atoms with van der Waals surface area (Å²) in [7, 11) is 4.71. The minimum atomic E-state index is -0.395. The highest BCUT2D eigenvalue weighted by atomic mass is 16.5. The highest BCUT2D eigenvalue weighted by molar-refractivity contribution is 5.94. The Morgan fingerprint density at radius 2 is 1.59 bits per heavy atom. The zero-order valence-corrected chi connectivity index (χ0v) is 21.2. The number of amides is 1. The number of H-pyrrole nitrogens is 1. The molecule has 0 aliphatic rings. The van der Waals surface area contributed by atoms with Gasteiger partial charge < -0.3 is 34.4 Å². The lowest BCUT2D eigenvalue weighted by molar-refractivity contribution is 0.0916. The van der Waals surface area contributed by atoms with E-state index in [9.17, 15) is 9.90 Å². The molecule has 8 nitrogen and oxygen atoms in total. The number of para-hydroxylation sites is 1. The van der Waals surface area contributed by atoms with Gasteiger partial charge in [-0.2, -0.15) is 0 Å². The summed E-state index contributed by atoms with van der Waals surface area (Å²) in [5.41, 5.74) is 4.42. The van der Waals surface area contributed by atoms with Crippen molar-refractivity contribution in [3.63, 3.8) is 0 Å². The number of rotatable bonds is 12. The van der Waals surface area contributed by atoms with Gasteiger partial charge in [0.05, 0.1) is 47.2 Å². The SMILES string of the molecule is COc1cc(COCc2ccc(C(=O)N[C@@H](CO)Cc3c[nH]c4ccccc34)cc2)cc(OC)c1OC. The maximum atomic E-state index is 12.8. The smallest absolute Gasteiger partial charge is 0.251 e. The van der Waals surface area contributed by atoms with Gasteiger partial charge in [0, 0.05) is 22.7 Å². The number of aromatic amines is 1. The number of aromatic nitrogens is 1. The first-order valence-corrected chi connectivity index (χ1v) is 12.0. The van der Waals surface area contributed by atoms with E-state index in [1.54, 1.807) is 33.5 Å². The molecule has 1 amide bonds. The third kappa shape index (κ3) is 6.22. The normalized spacial score (nSPS) is 11.8. The lowest BCUT2D eigenvalue weighted by atomic mass is 10.0. The summed E-state index contributed by atoms with van der Waals surface area (Å²) < 4.78 is 22.0.